The fraction of sp³-hybridized carbons (Fsp3) is 0.227. The van der Waals surface area contributed by atoms with E-state index in [1.54, 1.807) is 29.8 Å². The van der Waals surface area contributed by atoms with Crippen LogP contribution in [0.25, 0.3) is 5.69 Å². The van der Waals surface area contributed by atoms with Gasteiger partial charge in [-0.25, -0.2) is 9.36 Å². The largest absolute Gasteiger partial charge is 0.410 e. The molecule has 1 amide bonds. The second-order valence-electron chi connectivity index (χ2n) is 7.73. The minimum atomic E-state index is -4.50. The Morgan fingerprint density at radius 1 is 1.21 bits per heavy atom. The van der Waals surface area contributed by atoms with Crippen LogP contribution in [0.3, 0.4) is 0 Å². The van der Waals surface area contributed by atoms with Crippen LogP contribution in [0.1, 0.15) is 39.4 Å². The average molecular weight is 472 g/mol. The molecular weight excluding hydrogens is 453 g/mol. The van der Waals surface area contributed by atoms with Gasteiger partial charge >= 0.3 is 6.18 Å². The number of para-hydroxylation sites is 1. The van der Waals surface area contributed by atoms with Crippen LogP contribution in [0.5, 0.6) is 0 Å². The number of rotatable bonds is 4. The van der Waals surface area contributed by atoms with Gasteiger partial charge in [0.15, 0.2) is 6.04 Å². The van der Waals surface area contributed by atoms with Crippen LogP contribution in [-0.2, 0) is 0 Å². The van der Waals surface area contributed by atoms with E-state index in [-0.39, 0.29) is 17.8 Å². The summed E-state index contributed by atoms with van der Waals surface area (Å²) in [6, 6.07) is 12.1. The summed E-state index contributed by atoms with van der Waals surface area (Å²) < 4.78 is 43.9. The molecule has 5 rings (SSSR count). The predicted octanol–water partition coefficient (Wildman–Crippen LogP) is 5.35. The van der Waals surface area contributed by atoms with Crippen LogP contribution in [0.2, 0.25) is 0 Å². The Morgan fingerprint density at radius 2 is 2.00 bits per heavy atom. The number of carbonyl (C=O) groups is 1. The van der Waals surface area contributed by atoms with Crippen LogP contribution in [-0.4, -0.2) is 31.6 Å². The number of hydrogen-bond acceptors (Lipinski definition) is 5. The van der Waals surface area contributed by atoms with Crippen molar-refractivity contribution in [3.63, 3.8) is 0 Å². The molecule has 4 aromatic rings. The van der Waals surface area contributed by atoms with Gasteiger partial charge in [0.1, 0.15) is 17.2 Å². The Labute approximate surface area is 190 Å². The van der Waals surface area contributed by atoms with E-state index < -0.39 is 24.2 Å². The second-order valence-corrected chi connectivity index (χ2v) is 8.71. The van der Waals surface area contributed by atoms with Crippen LogP contribution >= 0.6 is 11.3 Å². The van der Waals surface area contributed by atoms with Gasteiger partial charge in [0.25, 0.3) is 5.91 Å². The SMILES string of the molecule is Cc1cc(NC(=O)c2cnn3c2NC(c2cccs2)CC3C(F)(F)F)n(-c2ccccc2)n1. The number of aryl methyl sites for hydroxylation is 1. The number of amides is 1. The molecule has 0 aliphatic carbocycles. The first kappa shape index (κ1) is 21.3. The molecule has 11 heteroatoms. The zero-order chi connectivity index (χ0) is 23.2. The zero-order valence-electron chi connectivity index (χ0n) is 17.4. The highest BCUT2D eigenvalue weighted by Gasteiger charge is 2.47. The summed E-state index contributed by atoms with van der Waals surface area (Å²) in [5.74, 6) is -0.128. The molecule has 0 fully saturated rings. The number of nitrogens with zero attached hydrogens (tertiary/aromatic N) is 4. The number of aromatic nitrogens is 4. The third kappa shape index (κ3) is 3.99. The quantitative estimate of drug-likeness (QED) is 0.420. The Balaban J connectivity index is 1.49. The molecule has 7 nitrogen and oxygen atoms in total. The summed E-state index contributed by atoms with van der Waals surface area (Å²) in [7, 11) is 0. The minimum Gasteiger partial charge on any atom is -0.362 e. The van der Waals surface area contributed by atoms with E-state index in [0.29, 0.717) is 11.5 Å². The first-order valence-corrected chi connectivity index (χ1v) is 11.1. The van der Waals surface area contributed by atoms with E-state index in [2.05, 4.69) is 20.8 Å². The third-order valence-electron chi connectivity index (χ3n) is 5.44. The van der Waals surface area contributed by atoms with Gasteiger partial charge in [-0.15, -0.1) is 11.3 Å². The molecule has 4 heterocycles. The summed E-state index contributed by atoms with van der Waals surface area (Å²) >= 11 is 1.37. The van der Waals surface area contributed by atoms with E-state index in [1.807, 2.05) is 35.7 Å². The molecule has 170 valence electrons. The number of alkyl halides is 3. The summed E-state index contributed by atoms with van der Waals surface area (Å²) in [5, 5.41) is 16.0. The molecule has 0 saturated carbocycles. The van der Waals surface area contributed by atoms with Gasteiger partial charge in [-0.05, 0) is 30.5 Å². The molecule has 2 N–H and O–H groups in total. The summed E-state index contributed by atoms with van der Waals surface area (Å²) in [6.07, 6.45) is -3.54. The topological polar surface area (TPSA) is 76.8 Å². The van der Waals surface area contributed by atoms with Crippen molar-refractivity contribution in [2.24, 2.45) is 0 Å². The lowest BCUT2D eigenvalue weighted by Crippen LogP contribution is -2.36. The van der Waals surface area contributed by atoms with Crippen LogP contribution in [0.4, 0.5) is 24.8 Å². The normalized spacial score (nSPS) is 17.9. The van der Waals surface area contributed by atoms with E-state index in [9.17, 15) is 18.0 Å². The number of anilines is 2. The molecule has 33 heavy (non-hydrogen) atoms. The van der Waals surface area contributed by atoms with Crippen molar-refractivity contribution in [2.45, 2.75) is 31.6 Å². The Morgan fingerprint density at radius 3 is 2.70 bits per heavy atom. The van der Waals surface area contributed by atoms with Crippen molar-refractivity contribution >= 4 is 28.9 Å². The zero-order valence-corrected chi connectivity index (χ0v) is 18.2. The number of thiophene rings is 1. The van der Waals surface area contributed by atoms with Crippen molar-refractivity contribution in [2.75, 3.05) is 10.6 Å². The molecule has 0 radical (unpaired) electrons. The monoisotopic (exact) mass is 472 g/mol. The molecule has 0 saturated heterocycles. The fourth-order valence-corrected chi connectivity index (χ4v) is 4.73. The van der Waals surface area contributed by atoms with Crippen LogP contribution in [0.15, 0.2) is 60.1 Å². The molecule has 1 aromatic carbocycles. The number of carbonyl (C=O) groups excluding carboxylic acids is 1. The maximum absolute atomic E-state index is 13.8. The Hall–Kier alpha value is -3.60. The first-order chi connectivity index (χ1) is 15.8. The predicted molar refractivity (Wildman–Crippen MR) is 119 cm³/mol. The number of hydrogen-bond donors (Lipinski definition) is 2. The molecule has 2 unspecified atom stereocenters. The van der Waals surface area contributed by atoms with E-state index in [4.69, 9.17) is 0 Å². The highest BCUT2D eigenvalue weighted by molar-refractivity contribution is 7.10. The maximum Gasteiger partial charge on any atom is 0.410 e. The highest BCUT2D eigenvalue weighted by atomic mass is 32.1. The maximum atomic E-state index is 13.8. The van der Waals surface area contributed by atoms with Gasteiger partial charge in [-0.1, -0.05) is 24.3 Å². The van der Waals surface area contributed by atoms with Crippen molar-refractivity contribution in [1.29, 1.82) is 0 Å². The average Bonchev–Trinajstić information content (AvgIpc) is 3.52. The lowest BCUT2D eigenvalue weighted by molar-refractivity contribution is -0.173. The summed E-state index contributed by atoms with van der Waals surface area (Å²) in [4.78, 5) is 13.9. The molecule has 0 bridgehead atoms. The van der Waals surface area contributed by atoms with Crippen molar-refractivity contribution in [1.82, 2.24) is 19.6 Å². The summed E-state index contributed by atoms with van der Waals surface area (Å²) in [5.41, 5.74) is 1.45. The highest BCUT2D eigenvalue weighted by Crippen LogP contribution is 2.45. The van der Waals surface area contributed by atoms with Crippen LogP contribution in [0, 0.1) is 6.92 Å². The number of halogens is 3. The van der Waals surface area contributed by atoms with Crippen molar-refractivity contribution < 1.29 is 18.0 Å². The van der Waals surface area contributed by atoms with Gasteiger partial charge in [0.2, 0.25) is 0 Å². The van der Waals surface area contributed by atoms with Crippen LogP contribution < -0.4 is 10.6 Å². The van der Waals surface area contributed by atoms with Crippen molar-refractivity contribution in [3.05, 3.63) is 76.2 Å². The standard InChI is InChI=1S/C22H19F3N6OS/c1-13-10-19(30(29-13)14-6-3-2-4-7-14)28-21(32)15-12-26-31-18(22(23,24)25)11-16(27-20(15)31)17-8-5-9-33-17/h2-10,12,16,18,27H,11H2,1H3,(H,28,32). The van der Waals surface area contributed by atoms with Gasteiger partial charge in [-0.3, -0.25) is 4.79 Å². The smallest absolute Gasteiger partial charge is 0.362 e. The van der Waals surface area contributed by atoms with E-state index in [1.165, 1.54) is 17.5 Å². The lowest BCUT2D eigenvalue weighted by Gasteiger charge is -2.33. The molecule has 1 aliphatic heterocycles. The lowest BCUT2D eigenvalue weighted by atomic mass is 10.0. The molecule has 3 aromatic heterocycles. The molecule has 1 aliphatic rings. The van der Waals surface area contributed by atoms with Gasteiger partial charge in [0, 0.05) is 17.4 Å². The van der Waals surface area contributed by atoms with Crippen molar-refractivity contribution in [3.8, 4) is 5.69 Å². The number of benzene rings is 1. The van der Waals surface area contributed by atoms with Gasteiger partial charge < -0.3 is 10.6 Å². The second kappa shape index (κ2) is 8.07. The van der Waals surface area contributed by atoms with Gasteiger partial charge in [0.05, 0.1) is 23.6 Å². The number of fused-ring (bicyclic) bond motifs is 1. The Bertz CT molecular complexity index is 1280. The molecular formula is C22H19F3N6OS. The van der Waals surface area contributed by atoms with E-state index >= 15 is 0 Å². The fourth-order valence-electron chi connectivity index (χ4n) is 3.94. The third-order valence-corrected chi connectivity index (χ3v) is 6.43. The minimum absolute atomic E-state index is 0.0315. The van der Waals surface area contributed by atoms with Gasteiger partial charge in [-0.2, -0.15) is 23.4 Å². The summed E-state index contributed by atoms with van der Waals surface area (Å²) in [6.45, 7) is 1.79. The number of nitrogens with one attached hydrogen (secondary N) is 2. The Kier molecular flexibility index (Phi) is 5.20. The molecule has 0 spiro atoms. The molecule has 2 atom stereocenters. The van der Waals surface area contributed by atoms with E-state index in [0.717, 1.165) is 15.2 Å². The first-order valence-electron chi connectivity index (χ1n) is 10.2.